The minimum atomic E-state index is -3.03. The number of carboxylic acids is 1. The molecule has 0 heterocycles. The van der Waals surface area contributed by atoms with Crippen LogP contribution in [0.5, 0.6) is 0 Å². The lowest BCUT2D eigenvalue weighted by molar-refractivity contribution is -0.137. The van der Waals surface area contributed by atoms with Gasteiger partial charge < -0.3 is 5.11 Å². The Morgan fingerprint density at radius 1 is 0.941 bits per heavy atom. The van der Waals surface area contributed by atoms with E-state index < -0.39 is 15.8 Å². The number of hydrogen-bond donors (Lipinski definition) is 1. The Morgan fingerprint density at radius 2 is 1.47 bits per heavy atom. The molecular formula is C12H24O4S. The molecule has 4 nitrogen and oxygen atoms in total. The van der Waals surface area contributed by atoms with Crippen molar-refractivity contribution >= 4 is 15.8 Å². The van der Waals surface area contributed by atoms with Crippen molar-refractivity contribution in [2.24, 2.45) is 0 Å². The van der Waals surface area contributed by atoms with Crippen LogP contribution in [-0.2, 0) is 14.6 Å². The zero-order valence-corrected chi connectivity index (χ0v) is 11.5. The highest BCUT2D eigenvalue weighted by Crippen LogP contribution is 2.07. The molecule has 0 amide bonds. The van der Waals surface area contributed by atoms with Gasteiger partial charge >= 0.3 is 5.97 Å². The molecule has 5 heteroatoms. The van der Waals surface area contributed by atoms with Crippen molar-refractivity contribution in [1.82, 2.24) is 0 Å². The van der Waals surface area contributed by atoms with Gasteiger partial charge in [0.05, 0.1) is 11.5 Å². The van der Waals surface area contributed by atoms with E-state index in [0.29, 0.717) is 6.42 Å². The van der Waals surface area contributed by atoms with Gasteiger partial charge in [0.2, 0.25) is 0 Å². The van der Waals surface area contributed by atoms with Crippen LogP contribution in [0.1, 0.15) is 58.3 Å². The van der Waals surface area contributed by atoms with Crippen molar-refractivity contribution in [2.75, 3.05) is 11.5 Å². The Hall–Kier alpha value is -0.580. The third-order valence-electron chi connectivity index (χ3n) is 2.65. The molecule has 1 N–H and O–H groups in total. The first-order valence-electron chi connectivity index (χ1n) is 6.40. The molecule has 0 rings (SSSR count). The van der Waals surface area contributed by atoms with Crippen LogP contribution < -0.4 is 0 Å². The number of rotatable bonds is 11. The fourth-order valence-corrected chi connectivity index (χ4v) is 3.08. The van der Waals surface area contributed by atoms with Gasteiger partial charge in [-0.1, -0.05) is 39.0 Å². The molecule has 0 saturated carbocycles. The van der Waals surface area contributed by atoms with E-state index in [1.165, 1.54) is 19.3 Å². The molecule has 0 aromatic carbocycles. The molecule has 0 bridgehead atoms. The molecule has 17 heavy (non-hydrogen) atoms. The summed E-state index contributed by atoms with van der Waals surface area (Å²) in [6.45, 7) is 2.15. The van der Waals surface area contributed by atoms with Crippen LogP contribution in [0, 0.1) is 0 Å². The predicted molar refractivity (Wildman–Crippen MR) is 68.9 cm³/mol. The number of aliphatic carboxylic acids is 1. The minimum absolute atomic E-state index is 0.00819. The SMILES string of the molecule is CCCCCCCCS(=O)(=O)CCCC(=O)O. The summed E-state index contributed by atoms with van der Waals surface area (Å²) in [5.41, 5.74) is 0. The van der Waals surface area contributed by atoms with Gasteiger partial charge in [-0.05, 0) is 12.8 Å². The lowest BCUT2D eigenvalue weighted by Crippen LogP contribution is -2.12. The molecule has 0 aliphatic carbocycles. The van der Waals surface area contributed by atoms with Gasteiger partial charge in [0, 0.05) is 6.42 Å². The van der Waals surface area contributed by atoms with Gasteiger partial charge in [0.15, 0.2) is 0 Å². The quantitative estimate of drug-likeness (QED) is 0.582. The van der Waals surface area contributed by atoms with Crippen molar-refractivity contribution in [3.63, 3.8) is 0 Å². The number of carboxylic acid groups (broad SMARTS) is 1. The molecule has 0 aromatic rings. The number of carbonyl (C=O) groups is 1. The maximum Gasteiger partial charge on any atom is 0.303 e. The van der Waals surface area contributed by atoms with Gasteiger partial charge in [-0.15, -0.1) is 0 Å². The van der Waals surface area contributed by atoms with E-state index in [9.17, 15) is 13.2 Å². The standard InChI is InChI=1S/C12H24O4S/c1-2-3-4-5-6-7-10-17(15,16)11-8-9-12(13)14/h2-11H2,1H3,(H,13,14). The maximum atomic E-state index is 11.5. The van der Waals surface area contributed by atoms with E-state index in [4.69, 9.17) is 5.11 Å². The summed E-state index contributed by atoms with van der Waals surface area (Å²) in [6.07, 6.45) is 6.51. The van der Waals surface area contributed by atoms with Crippen LogP contribution in [0.15, 0.2) is 0 Å². The molecule has 0 saturated heterocycles. The van der Waals surface area contributed by atoms with Gasteiger partial charge in [0.25, 0.3) is 0 Å². The zero-order chi connectivity index (χ0) is 13.1. The molecule has 0 aliphatic rings. The monoisotopic (exact) mass is 264 g/mol. The molecule has 0 aromatic heterocycles. The largest absolute Gasteiger partial charge is 0.481 e. The summed E-state index contributed by atoms with van der Waals surface area (Å²) in [6, 6.07) is 0. The Bertz CT molecular complexity index is 296. The first kappa shape index (κ1) is 16.4. The average molecular weight is 264 g/mol. The highest BCUT2D eigenvalue weighted by atomic mass is 32.2. The number of unbranched alkanes of at least 4 members (excludes halogenated alkanes) is 5. The lowest BCUT2D eigenvalue weighted by atomic mass is 10.1. The van der Waals surface area contributed by atoms with E-state index in [2.05, 4.69) is 6.92 Å². The van der Waals surface area contributed by atoms with Crippen LogP contribution in [0.3, 0.4) is 0 Å². The summed E-state index contributed by atoms with van der Waals surface area (Å²) >= 11 is 0. The topological polar surface area (TPSA) is 71.4 Å². The van der Waals surface area contributed by atoms with Crippen LogP contribution in [0.2, 0.25) is 0 Å². The van der Waals surface area contributed by atoms with Crippen LogP contribution in [0.25, 0.3) is 0 Å². The fraction of sp³-hybridized carbons (Fsp3) is 0.917. The maximum absolute atomic E-state index is 11.5. The van der Waals surface area contributed by atoms with E-state index in [0.717, 1.165) is 12.8 Å². The van der Waals surface area contributed by atoms with Gasteiger partial charge in [0.1, 0.15) is 9.84 Å². The predicted octanol–water partition coefficient (Wildman–Crippen LogP) is 2.63. The van der Waals surface area contributed by atoms with Crippen LogP contribution in [0.4, 0.5) is 0 Å². The Labute approximate surface area is 104 Å². The van der Waals surface area contributed by atoms with Crippen LogP contribution >= 0.6 is 0 Å². The van der Waals surface area contributed by atoms with Gasteiger partial charge in [-0.3, -0.25) is 4.79 Å². The first-order chi connectivity index (χ1) is 7.98. The number of sulfone groups is 1. The van der Waals surface area contributed by atoms with Crippen molar-refractivity contribution in [2.45, 2.75) is 58.3 Å². The molecule has 0 fully saturated rings. The normalized spacial score (nSPS) is 11.6. The third-order valence-corrected chi connectivity index (χ3v) is 4.48. The van der Waals surface area contributed by atoms with E-state index in [-0.39, 0.29) is 24.3 Å². The molecule has 0 spiro atoms. The summed E-state index contributed by atoms with van der Waals surface area (Å²) in [5.74, 6) is -0.715. The van der Waals surface area contributed by atoms with Crippen LogP contribution in [-0.4, -0.2) is 31.0 Å². The second kappa shape index (κ2) is 9.45. The first-order valence-corrected chi connectivity index (χ1v) is 8.22. The van der Waals surface area contributed by atoms with Gasteiger partial charge in [-0.2, -0.15) is 0 Å². The second-order valence-corrected chi connectivity index (χ2v) is 6.72. The number of hydrogen-bond acceptors (Lipinski definition) is 3. The molecule has 0 radical (unpaired) electrons. The molecule has 0 atom stereocenters. The zero-order valence-electron chi connectivity index (χ0n) is 10.7. The Kier molecular flexibility index (Phi) is 9.13. The Balaban J connectivity index is 3.54. The van der Waals surface area contributed by atoms with Crippen molar-refractivity contribution in [3.8, 4) is 0 Å². The second-order valence-electron chi connectivity index (χ2n) is 4.42. The summed E-state index contributed by atoms with van der Waals surface area (Å²) in [7, 11) is -3.03. The van der Waals surface area contributed by atoms with E-state index in [1.807, 2.05) is 0 Å². The van der Waals surface area contributed by atoms with Crippen molar-refractivity contribution in [1.29, 1.82) is 0 Å². The summed E-state index contributed by atoms with van der Waals surface area (Å²) in [4.78, 5) is 10.3. The molecule has 0 unspecified atom stereocenters. The molecule has 102 valence electrons. The van der Waals surface area contributed by atoms with Crippen molar-refractivity contribution in [3.05, 3.63) is 0 Å². The lowest BCUT2D eigenvalue weighted by Gasteiger charge is -2.03. The third kappa shape index (κ3) is 11.7. The minimum Gasteiger partial charge on any atom is -0.481 e. The highest BCUT2D eigenvalue weighted by molar-refractivity contribution is 7.91. The summed E-state index contributed by atoms with van der Waals surface area (Å²) < 4.78 is 23.0. The van der Waals surface area contributed by atoms with Crippen molar-refractivity contribution < 1.29 is 18.3 Å². The molecule has 0 aliphatic heterocycles. The highest BCUT2D eigenvalue weighted by Gasteiger charge is 2.11. The smallest absolute Gasteiger partial charge is 0.303 e. The van der Waals surface area contributed by atoms with E-state index in [1.54, 1.807) is 0 Å². The fourth-order valence-electron chi connectivity index (χ4n) is 1.65. The molecular weight excluding hydrogens is 240 g/mol. The Morgan fingerprint density at radius 3 is 2.06 bits per heavy atom. The van der Waals surface area contributed by atoms with E-state index >= 15 is 0 Å². The van der Waals surface area contributed by atoms with Gasteiger partial charge in [-0.25, -0.2) is 8.42 Å². The average Bonchev–Trinajstić information content (AvgIpc) is 2.22. The summed E-state index contributed by atoms with van der Waals surface area (Å²) in [5, 5.41) is 8.41.